The van der Waals surface area contributed by atoms with Gasteiger partial charge in [0.2, 0.25) is 0 Å². The lowest BCUT2D eigenvalue weighted by Gasteiger charge is -2.62. The molecule has 5 unspecified atom stereocenters. The van der Waals surface area contributed by atoms with E-state index < -0.39 is 0 Å². The third-order valence-electron chi connectivity index (χ3n) is 9.94. The molecule has 0 aromatic rings. The van der Waals surface area contributed by atoms with Crippen molar-refractivity contribution in [3.8, 4) is 0 Å². The van der Waals surface area contributed by atoms with Crippen LogP contribution >= 0.6 is 0 Å². The Labute approximate surface area is 194 Å². The number of carbonyl (C=O) groups is 1. The second-order valence-corrected chi connectivity index (χ2v) is 11.6. The van der Waals surface area contributed by atoms with Gasteiger partial charge in [0, 0.05) is 18.3 Å². The van der Waals surface area contributed by atoms with Crippen molar-refractivity contribution in [3.63, 3.8) is 0 Å². The van der Waals surface area contributed by atoms with Gasteiger partial charge in [0.05, 0.1) is 6.10 Å². The average molecular weight is 449 g/mol. The molecule has 4 rings (SSSR count). The van der Waals surface area contributed by atoms with Crippen molar-refractivity contribution in [2.24, 2.45) is 34.5 Å². The van der Waals surface area contributed by atoms with E-state index in [0.29, 0.717) is 35.9 Å². The molecule has 0 bridgehead atoms. The molecule has 9 atom stereocenters. The highest BCUT2D eigenvalue weighted by molar-refractivity contribution is 5.69. The Morgan fingerprint density at radius 3 is 2.47 bits per heavy atom. The summed E-state index contributed by atoms with van der Waals surface area (Å²) in [7, 11) is 0. The van der Waals surface area contributed by atoms with Crippen LogP contribution in [-0.2, 0) is 19.3 Å². The molecule has 0 aromatic heterocycles. The lowest BCUT2D eigenvalue weighted by Crippen LogP contribution is -2.59. The fourth-order valence-corrected chi connectivity index (χ4v) is 8.12. The van der Waals surface area contributed by atoms with E-state index >= 15 is 0 Å². The van der Waals surface area contributed by atoms with Crippen LogP contribution in [0.15, 0.2) is 12.3 Å². The van der Waals surface area contributed by atoms with Crippen molar-refractivity contribution in [2.45, 2.75) is 117 Å². The predicted octanol–water partition coefficient (Wildman–Crippen LogP) is 5.95. The Hall–Kier alpha value is -1.07. The highest BCUT2D eigenvalue weighted by atomic mass is 17.2. The molecule has 1 N–H and O–H groups in total. The normalized spacial score (nSPS) is 45.3. The summed E-state index contributed by atoms with van der Waals surface area (Å²) in [6, 6.07) is 0. The van der Waals surface area contributed by atoms with Gasteiger partial charge in [-0.15, -0.1) is 0 Å². The van der Waals surface area contributed by atoms with Gasteiger partial charge in [-0.2, -0.15) is 4.89 Å². The first kappa shape index (κ1) is 24.1. The van der Waals surface area contributed by atoms with Crippen LogP contribution in [0, 0.1) is 34.5 Å². The summed E-state index contributed by atoms with van der Waals surface area (Å²) in [6.45, 7) is 12.7. The Balaban J connectivity index is 1.45. The predicted molar refractivity (Wildman–Crippen MR) is 123 cm³/mol. The molecular formula is C27H44O5. The van der Waals surface area contributed by atoms with Gasteiger partial charge in [-0.1, -0.05) is 34.3 Å². The minimum atomic E-state index is -0.280. The largest absolute Gasteiger partial charge is 0.462 e. The molecule has 0 saturated heterocycles. The number of allylic oxidation sites excluding steroid dienone is 1. The molecule has 5 heteroatoms. The van der Waals surface area contributed by atoms with Gasteiger partial charge in [-0.25, -0.2) is 0 Å². The molecule has 0 amide bonds. The summed E-state index contributed by atoms with van der Waals surface area (Å²) in [6.07, 6.45) is 10.2. The van der Waals surface area contributed by atoms with Crippen LogP contribution in [0.25, 0.3) is 0 Å². The minimum Gasteiger partial charge on any atom is -0.462 e. The van der Waals surface area contributed by atoms with Crippen molar-refractivity contribution in [3.05, 3.63) is 12.3 Å². The van der Waals surface area contributed by atoms with Crippen molar-refractivity contribution < 1.29 is 24.4 Å². The highest BCUT2D eigenvalue weighted by Gasteiger charge is 2.63. The first-order valence-electron chi connectivity index (χ1n) is 13.1. The maximum Gasteiger partial charge on any atom is 0.305 e. The summed E-state index contributed by atoms with van der Waals surface area (Å²) in [5.41, 5.74) is 0.244. The molecule has 4 saturated carbocycles. The number of rotatable bonds is 7. The van der Waals surface area contributed by atoms with E-state index in [1.807, 2.05) is 6.92 Å². The molecule has 32 heavy (non-hydrogen) atoms. The van der Waals surface area contributed by atoms with E-state index in [1.54, 1.807) is 0 Å². The minimum absolute atomic E-state index is 0.00393. The number of esters is 1. The van der Waals surface area contributed by atoms with Gasteiger partial charge in [0.25, 0.3) is 0 Å². The monoisotopic (exact) mass is 448 g/mol. The van der Waals surface area contributed by atoms with Crippen LogP contribution in [0.5, 0.6) is 0 Å². The van der Waals surface area contributed by atoms with Gasteiger partial charge in [-0.3, -0.25) is 4.79 Å². The standard InChI is InChI=1S/C27H44O5/c1-6-8-17(3)31-32-19-11-13-26(4)18(15-19)16-22(28)25-20-9-10-23(30-24(29)7-2)27(20,5)14-12-21(25)26/h18-23,25,28H,3,6-16H2,1-2,4-5H3/t18?,19-,20?,21?,22?,23-,25?,26-,27-/m0/s1. The Kier molecular flexibility index (Phi) is 6.99. The fourth-order valence-electron chi connectivity index (χ4n) is 8.12. The first-order valence-corrected chi connectivity index (χ1v) is 13.1. The van der Waals surface area contributed by atoms with Crippen molar-refractivity contribution in [1.82, 2.24) is 0 Å². The zero-order chi connectivity index (χ0) is 23.1. The topological polar surface area (TPSA) is 65.0 Å². The van der Waals surface area contributed by atoms with E-state index in [9.17, 15) is 9.90 Å². The van der Waals surface area contributed by atoms with Gasteiger partial charge >= 0.3 is 5.97 Å². The van der Waals surface area contributed by atoms with Crippen LogP contribution in [0.3, 0.4) is 0 Å². The lowest BCUT2D eigenvalue weighted by atomic mass is 9.44. The molecule has 4 aliphatic rings. The lowest BCUT2D eigenvalue weighted by molar-refractivity contribution is -0.313. The van der Waals surface area contributed by atoms with Gasteiger partial charge in [0.1, 0.15) is 18.0 Å². The van der Waals surface area contributed by atoms with Crippen molar-refractivity contribution in [2.75, 3.05) is 0 Å². The van der Waals surface area contributed by atoms with Gasteiger partial charge < -0.3 is 14.7 Å². The Morgan fingerprint density at radius 1 is 1.03 bits per heavy atom. The number of ether oxygens (including phenoxy) is 1. The van der Waals surface area contributed by atoms with E-state index in [2.05, 4.69) is 27.4 Å². The zero-order valence-corrected chi connectivity index (χ0v) is 20.6. The molecule has 0 radical (unpaired) electrons. The molecule has 182 valence electrons. The summed E-state index contributed by atoms with van der Waals surface area (Å²) >= 11 is 0. The number of aliphatic hydroxyl groups is 1. The van der Waals surface area contributed by atoms with Gasteiger partial charge in [0.15, 0.2) is 0 Å². The molecule has 4 fully saturated rings. The number of carbonyl (C=O) groups excluding carboxylic acids is 1. The number of fused-ring (bicyclic) bond motifs is 5. The Morgan fingerprint density at radius 2 is 1.75 bits per heavy atom. The smallest absolute Gasteiger partial charge is 0.305 e. The first-order chi connectivity index (χ1) is 15.2. The molecular weight excluding hydrogens is 404 g/mol. The summed E-state index contributed by atoms with van der Waals surface area (Å²) in [5.74, 6) is 2.37. The Bertz CT molecular complexity index is 706. The molecule has 0 aliphatic heterocycles. The van der Waals surface area contributed by atoms with E-state index in [0.717, 1.165) is 64.2 Å². The van der Waals surface area contributed by atoms with Crippen LogP contribution in [0.2, 0.25) is 0 Å². The maximum atomic E-state index is 12.0. The van der Waals surface area contributed by atoms with Crippen LogP contribution < -0.4 is 0 Å². The van der Waals surface area contributed by atoms with Gasteiger partial charge in [-0.05, 0) is 86.9 Å². The second-order valence-electron chi connectivity index (χ2n) is 11.6. The van der Waals surface area contributed by atoms with Crippen LogP contribution in [-0.4, -0.2) is 29.4 Å². The molecule has 5 nitrogen and oxygen atoms in total. The number of hydrogen-bond donors (Lipinski definition) is 1. The number of aliphatic hydroxyl groups excluding tert-OH is 1. The highest BCUT2D eigenvalue weighted by Crippen LogP contribution is 2.66. The summed E-state index contributed by atoms with van der Waals surface area (Å²) < 4.78 is 5.90. The molecule has 0 heterocycles. The van der Waals surface area contributed by atoms with E-state index in [1.165, 1.54) is 0 Å². The van der Waals surface area contributed by atoms with Crippen LogP contribution in [0.1, 0.15) is 98.3 Å². The average Bonchev–Trinajstić information content (AvgIpc) is 3.09. The zero-order valence-electron chi connectivity index (χ0n) is 20.6. The van der Waals surface area contributed by atoms with E-state index in [4.69, 9.17) is 14.5 Å². The quantitative estimate of drug-likeness (QED) is 0.226. The third-order valence-corrected chi connectivity index (χ3v) is 9.94. The summed E-state index contributed by atoms with van der Waals surface area (Å²) in [4.78, 5) is 23.3. The fraction of sp³-hybridized carbons (Fsp3) is 0.889. The molecule has 0 aromatic carbocycles. The van der Waals surface area contributed by atoms with E-state index in [-0.39, 0.29) is 35.1 Å². The van der Waals surface area contributed by atoms with Crippen molar-refractivity contribution >= 4 is 5.97 Å². The third kappa shape index (κ3) is 4.13. The molecule has 4 aliphatic carbocycles. The van der Waals surface area contributed by atoms with Crippen molar-refractivity contribution in [1.29, 1.82) is 0 Å². The summed E-state index contributed by atoms with van der Waals surface area (Å²) in [5, 5.41) is 11.4. The second kappa shape index (κ2) is 9.29. The molecule has 0 spiro atoms. The SMILES string of the molecule is C=C(CCC)OO[C@H]1CC[C@@]2(C)C(CC(O)C3C2CC[C@@]2(C)C3CC[C@@H]2OC(=O)CC)C1. The van der Waals surface area contributed by atoms with Crippen LogP contribution in [0.4, 0.5) is 0 Å². The maximum absolute atomic E-state index is 12.0. The number of hydrogen-bond acceptors (Lipinski definition) is 5.